The lowest BCUT2D eigenvalue weighted by Crippen LogP contribution is -2.32. The highest BCUT2D eigenvalue weighted by molar-refractivity contribution is 14.1. The highest BCUT2D eigenvalue weighted by Gasteiger charge is 2.21. The summed E-state index contributed by atoms with van der Waals surface area (Å²) in [6.45, 7) is 10.4. The fourth-order valence-corrected chi connectivity index (χ4v) is 2.88. The van der Waals surface area contributed by atoms with Gasteiger partial charge in [0.1, 0.15) is 0 Å². The minimum absolute atomic E-state index is 0.354. The van der Waals surface area contributed by atoms with Crippen LogP contribution < -0.4 is 5.32 Å². The van der Waals surface area contributed by atoms with Crippen LogP contribution in [0.1, 0.15) is 46.1 Å². The molecule has 0 radical (unpaired) electrons. The summed E-state index contributed by atoms with van der Waals surface area (Å²) < 4.78 is 1.31. The largest absolute Gasteiger partial charge is 0.314 e. The van der Waals surface area contributed by atoms with E-state index in [1.807, 2.05) is 0 Å². The van der Waals surface area contributed by atoms with Crippen molar-refractivity contribution in [2.45, 2.75) is 53.0 Å². The number of rotatable bonds is 7. The highest BCUT2D eigenvalue weighted by Crippen LogP contribution is 2.27. The third kappa shape index (κ3) is 6.19. The van der Waals surface area contributed by atoms with E-state index < -0.39 is 0 Å². The van der Waals surface area contributed by atoms with E-state index >= 15 is 0 Å². The van der Waals surface area contributed by atoms with Gasteiger partial charge in [0.25, 0.3) is 0 Å². The van der Waals surface area contributed by atoms with Crippen molar-refractivity contribution in [1.29, 1.82) is 0 Å². The second-order valence-corrected chi connectivity index (χ2v) is 7.27. The lowest BCUT2D eigenvalue weighted by Gasteiger charge is -2.29. The van der Waals surface area contributed by atoms with Gasteiger partial charge in [-0.25, -0.2) is 0 Å². The van der Waals surface area contributed by atoms with Gasteiger partial charge in [0.15, 0.2) is 0 Å². The van der Waals surface area contributed by atoms with Crippen LogP contribution in [0.2, 0.25) is 0 Å². The van der Waals surface area contributed by atoms with Crippen LogP contribution in [-0.2, 0) is 6.42 Å². The summed E-state index contributed by atoms with van der Waals surface area (Å²) in [5.74, 6) is 0. The predicted molar refractivity (Wildman–Crippen MR) is 89.0 cm³/mol. The van der Waals surface area contributed by atoms with E-state index in [1.165, 1.54) is 22.0 Å². The zero-order chi connectivity index (χ0) is 13.6. The van der Waals surface area contributed by atoms with E-state index in [-0.39, 0.29) is 0 Å². The van der Waals surface area contributed by atoms with Crippen LogP contribution in [0.3, 0.4) is 0 Å². The summed E-state index contributed by atoms with van der Waals surface area (Å²) in [5, 5.41) is 3.58. The molecule has 102 valence electrons. The summed E-state index contributed by atoms with van der Waals surface area (Å²) in [6, 6.07) is 9.51. The van der Waals surface area contributed by atoms with Crippen molar-refractivity contribution in [3.63, 3.8) is 0 Å². The van der Waals surface area contributed by atoms with Gasteiger partial charge in [0, 0.05) is 9.61 Å². The van der Waals surface area contributed by atoms with Crippen molar-refractivity contribution < 1.29 is 0 Å². The minimum Gasteiger partial charge on any atom is -0.314 e. The number of hydrogen-bond donors (Lipinski definition) is 1. The predicted octanol–water partition coefficient (Wildman–Crippen LogP) is 4.64. The Morgan fingerprint density at radius 2 is 1.83 bits per heavy atom. The van der Waals surface area contributed by atoms with Gasteiger partial charge < -0.3 is 5.32 Å². The SMILES string of the molecule is CCCNC(C)CC(C)(C)Cc1ccc(I)cc1. The Labute approximate surface area is 126 Å². The van der Waals surface area contributed by atoms with Crippen LogP contribution in [0.25, 0.3) is 0 Å². The Kier molecular flexibility index (Phi) is 6.64. The quantitative estimate of drug-likeness (QED) is 0.700. The lowest BCUT2D eigenvalue weighted by molar-refractivity contribution is 0.287. The Morgan fingerprint density at radius 1 is 1.22 bits per heavy atom. The molecule has 0 saturated carbocycles. The van der Waals surface area contributed by atoms with Crippen molar-refractivity contribution in [1.82, 2.24) is 5.32 Å². The molecule has 1 unspecified atom stereocenters. The normalized spacial score (nSPS) is 13.6. The summed E-state index contributed by atoms with van der Waals surface area (Å²) in [4.78, 5) is 0. The zero-order valence-electron chi connectivity index (χ0n) is 12.1. The molecule has 18 heavy (non-hydrogen) atoms. The fraction of sp³-hybridized carbons (Fsp3) is 0.625. The molecule has 0 aliphatic carbocycles. The van der Waals surface area contributed by atoms with Crippen molar-refractivity contribution in [3.05, 3.63) is 33.4 Å². The molecule has 1 nitrogen and oxygen atoms in total. The second-order valence-electron chi connectivity index (χ2n) is 6.03. The van der Waals surface area contributed by atoms with Gasteiger partial charge in [0.2, 0.25) is 0 Å². The molecule has 0 aromatic heterocycles. The van der Waals surface area contributed by atoms with E-state index in [0.717, 1.165) is 13.0 Å². The van der Waals surface area contributed by atoms with Crippen LogP contribution in [0.15, 0.2) is 24.3 Å². The summed E-state index contributed by atoms with van der Waals surface area (Å²) in [7, 11) is 0. The van der Waals surface area contributed by atoms with E-state index in [4.69, 9.17) is 0 Å². The van der Waals surface area contributed by atoms with Gasteiger partial charge in [-0.1, -0.05) is 32.9 Å². The van der Waals surface area contributed by atoms with Crippen LogP contribution in [-0.4, -0.2) is 12.6 Å². The van der Waals surface area contributed by atoms with Crippen LogP contribution in [0.5, 0.6) is 0 Å². The molecule has 1 N–H and O–H groups in total. The zero-order valence-corrected chi connectivity index (χ0v) is 14.3. The topological polar surface area (TPSA) is 12.0 Å². The molecule has 0 heterocycles. The Bertz CT molecular complexity index is 343. The monoisotopic (exact) mass is 359 g/mol. The summed E-state index contributed by atoms with van der Waals surface area (Å²) in [6.07, 6.45) is 3.59. The number of nitrogens with one attached hydrogen (secondary N) is 1. The Hall–Kier alpha value is -0.0900. The van der Waals surface area contributed by atoms with Gasteiger partial charge >= 0.3 is 0 Å². The third-order valence-electron chi connectivity index (χ3n) is 3.20. The molecular formula is C16H26IN. The molecule has 1 rings (SSSR count). The van der Waals surface area contributed by atoms with Gasteiger partial charge in [-0.3, -0.25) is 0 Å². The molecule has 0 spiro atoms. The molecular weight excluding hydrogens is 333 g/mol. The van der Waals surface area contributed by atoms with Crippen molar-refractivity contribution in [3.8, 4) is 0 Å². The molecule has 0 saturated heterocycles. The summed E-state index contributed by atoms with van der Waals surface area (Å²) >= 11 is 2.36. The van der Waals surface area contributed by atoms with Crippen molar-refractivity contribution >= 4 is 22.6 Å². The first-order chi connectivity index (χ1) is 8.43. The second kappa shape index (κ2) is 7.49. The molecule has 1 atom stereocenters. The first-order valence-electron chi connectivity index (χ1n) is 6.91. The fourth-order valence-electron chi connectivity index (χ4n) is 2.52. The highest BCUT2D eigenvalue weighted by atomic mass is 127. The molecule has 0 amide bonds. The first kappa shape index (κ1) is 16.0. The van der Waals surface area contributed by atoms with Gasteiger partial charge in [-0.2, -0.15) is 0 Å². The van der Waals surface area contributed by atoms with Gasteiger partial charge in [0.05, 0.1) is 0 Å². The maximum Gasteiger partial charge on any atom is 0.0130 e. The van der Waals surface area contributed by atoms with E-state index in [1.54, 1.807) is 0 Å². The average Bonchev–Trinajstić information content (AvgIpc) is 2.28. The molecule has 0 aliphatic heterocycles. The summed E-state index contributed by atoms with van der Waals surface area (Å²) in [5.41, 5.74) is 1.80. The molecule has 0 fully saturated rings. The van der Waals surface area contributed by atoms with Crippen molar-refractivity contribution in [2.24, 2.45) is 5.41 Å². The van der Waals surface area contributed by atoms with Crippen molar-refractivity contribution in [2.75, 3.05) is 6.54 Å². The Balaban J connectivity index is 2.50. The third-order valence-corrected chi connectivity index (χ3v) is 3.92. The van der Waals surface area contributed by atoms with Crippen LogP contribution >= 0.6 is 22.6 Å². The molecule has 1 aromatic carbocycles. The number of halogens is 1. The van der Waals surface area contributed by atoms with Gasteiger partial charge in [-0.05, 0) is 78.4 Å². The molecule has 1 aromatic rings. The van der Waals surface area contributed by atoms with E-state index in [0.29, 0.717) is 11.5 Å². The van der Waals surface area contributed by atoms with Crippen LogP contribution in [0.4, 0.5) is 0 Å². The molecule has 0 bridgehead atoms. The van der Waals surface area contributed by atoms with E-state index in [9.17, 15) is 0 Å². The minimum atomic E-state index is 0.354. The molecule has 0 aliphatic rings. The first-order valence-corrected chi connectivity index (χ1v) is 7.98. The van der Waals surface area contributed by atoms with Gasteiger partial charge in [-0.15, -0.1) is 0 Å². The average molecular weight is 359 g/mol. The standard InChI is InChI=1S/C16H26IN/c1-5-10-18-13(2)11-16(3,4)12-14-6-8-15(17)9-7-14/h6-9,13,18H,5,10-12H2,1-4H3. The van der Waals surface area contributed by atoms with E-state index in [2.05, 4.69) is 79.9 Å². The Morgan fingerprint density at radius 3 is 2.39 bits per heavy atom. The lowest BCUT2D eigenvalue weighted by atomic mass is 9.80. The number of hydrogen-bond acceptors (Lipinski definition) is 1. The smallest absolute Gasteiger partial charge is 0.0130 e. The molecule has 2 heteroatoms. The maximum absolute atomic E-state index is 3.58. The maximum atomic E-state index is 3.58. The number of benzene rings is 1. The van der Waals surface area contributed by atoms with Crippen LogP contribution in [0, 0.1) is 8.99 Å².